The number of fused-ring (bicyclic) bond motifs is 1. The minimum absolute atomic E-state index is 0.177. The van der Waals surface area contributed by atoms with Crippen molar-refractivity contribution >= 4 is 27.3 Å². The zero-order valence-corrected chi connectivity index (χ0v) is 12.0. The van der Waals surface area contributed by atoms with E-state index in [0.717, 1.165) is 11.3 Å². The summed E-state index contributed by atoms with van der Waals surface area (Å²) in [6, 6.07) is 3.58. The number of hydrogen-bond donors (Lipinski definition) is 0. The van der Waals surface area contributed by atoms with Crippen molar-refractivity contribution in [2.45, 2.75) is 13.5 Å². The third-order valence-electron chi connectivity index (χ3n) is 3.21. The van der Waals surface area contributed by atoms with Crippen molar-refractivity contribution in [2.24, 2.45) is 5.92 Å². The van der Waals surface area contributed by atoms with Gasteiger partial charge in [0.05, 0.1) is 23.0 Å². The van der Waals surface area contributed by atoms with E-state index in [1.807, 2.05) is 23.6 Å². The summed E-state index contributed by atoms with van der Waals surface area (Å²) in [6.45, 7) is 2.84. The largest absolute Gasteiger partial charge is 0.305 e. The Labute approximate surface area is 116 Å². The lowest BCUT2D eigenvalue weighted by Gasteiger charge is -2.12. The highest BCUT2D eigenvalue weighted by atomic mass is 35.5. The molecule has 2 aromatic heterocycles. The third kappa shape index (κ3) is 2.48. The van der Waals surface area contributed by atoms with Gasteiger partial charge in [-0.2, -0.15) is 4.31 Å². The highest BCUT2D eigenvalue weighted by molar-refractivity contribution is 7.89. The van der Waals surface area contributed by atoms with Crippen LogP contribution in [0, 0.1) is 5.92 Å². The van der Waals surface area contributed by atoms with Crippen LogP contribution < -0.4 is 0 Å². The van der Waals surface area contributed by atoms with Crippen LogP contribution in [0.3, 0.4) is 0 Å². The molecule has 102 valence electrons. The molecule has 0 amide bonds. The van der Waals surface area contributed by atoms with Crippen molar-refractivity contribution < 1.29 is 8.42 Å². The number of aromatic nitrogens is 2. The van der Waals surface area contributed by atoms with Gasteiger partial charge in [-0.25, -0.2) is 13.4 Å². The summed E-state index contributed by atoms with van der Waals surface area (Å²) < 4.78 is 27.1. The zero-order valence-electron chi connectivity index (χ0n) is 10.5. The van der Waals surface area contributed by atoms with Crippen molar-refractivity contribution in [1.82, 2.24) is 13.7 Å². The molecule has 0 saturated carbocycles. The first kappa shape index (κ1) is 12.9. The molecule has 2 aromatic rings. The summed E-state index contributed by atoms with van der Waals surface area (Å²) in [7, 11) is -3.12. The molecule has 3 rings (SSSR count). The maximum atomic E-state index is 11.9. The van der Waals surface area contributed by atoms with Crippen molar-refractivity contribution in [2.75, 3.05) is 12.3 Å². The number of nitrogens with zero attached hydrogens (tertiary/aromatic N) is 3. The van der Waals surface area contributed by atoms with E-state index in [2.05, 4.69) is 4.98 Å². The van der Waals surface area contributed by atoms with E-state index in [4.69, 9.17) is 11.6 Å². The Morgan fingerprint density at radius 1 is 1.42 bits per heavy atom. The lowest BCUT2D eigenvalue weighted by Crippen LogP contribution is -2.25. The molecule has 19 heavy (non-hydrogen) atoms. The van der Waals surface area contributed by atoms with Gasteiger partial charge in [0.1, 0.15) is 5.65 Å². The quantitative estimate of drug-likeness (QED) is 0.849. The van der Waals surface area contributed by atoms with Crippen molar-refractivity contribution in [3.8, 4) is 0 Å². The molecule has 0 spiro atoms. The lowest BCUT2D eigenvalue weighted by molar-refractivity contribution is 0.405. The summed E-state index contributed by atoms with van der Waals surface area (Å²) in [4.78, 5) is 4.41. The second-order valence-corrected chi connectivity index (χ2v) is 7.47. The average molecular weight is 300 g/mol. The van der Waals surface area contributed by atoms with Gasteiger partial charge in [0.25, 0.3) is 0 Å². The number of halogens is 1. The first-order valence-electron chi connectivity index (χ1n) is 6.05. The van der Waals surface area contributed by atoms with Crippen molar-refractivity contribution in [3.05, 3.63) is 35.2 Å². The fourth-order valence-corrected chi connectivity index (χ4v) is 4.43. The molecular formula is C12H14ClN3O2S. The van der Waals surface area contributed by atoms with Crippen LogP contribution in [0.5, 0.6) is 0 Å². The molecule has 3 heterocycles. The van der Waals surface area contributed by atoms with E-state index in [1.54, 1.807) is 12.3 Å². The van der Waals surface area contributed by atoms with Gasteiger partial charge in [-0.1, -0.05) is 18.5 Å². The summed E-state index contributed by atoms with van der Waals surface area (Å²) in [5.74, 6) is 0.406. The Bertz CT molecular complexity index is 726. The molecule has 0 aromatic carbocycles. The van der Waals surface area contributed by atoms with Gasteiger partial charge < -0.3 is 4.40 Å². The van der Waals surface area contributed by atoms with Gasteiger partial charge in [0, 0.05) is 18.9 Å². The molecule has 7 heteroatoms. The summed E-state index contributed by atoms with van der Waals surface area (Å²) >= 11 is 5.91. The second-order valence-electron chi connectivity index (χ2n) is 5.02. The molecule has 5 nitrogen and oxygen atoms in total. The van der Waals surface area contributed by atoms with Gasteiger partial charge in [-0.05, 0) is 18.1 Å². The number of sulfonamides is 1. The standard InChI is InChI=1S/C12H14ClN3O2S/c1-9-4-16(19(17,18)8-9)7-11-6-15-5-10(13)2-3-12(15)14-11/h2-3,5-6,9H,4,7-8H2,1H3. The van der Waals surface area contributed by atoms with E-state index >= 15 is 0 Å². The first-order valence-corrected chi connectivity index (χ1v) is 8.04. The Balaban J connectivity index is 1.90. The average Bonchev–Trinajstić information content (AvgIpc) is 2.79. The van der Waals surface area contributed by atoms with Crippen LogP contribution >= 0.6 is 11.6 Å². The molecule has 0 aliphatic carbocycles. The van der Waals surface area contributed by atoms with Gasteiger partial charge in [-0.15, -0.1) is 0 Å². The fourth-order valence-electron chi connectivity index (χ4n) is 2.42. The molecule has 1 atom stereocenters. The summed E-state index contributed by atoms with van der Waals surface area (Å²) in [5, 5.41) is 0.624. The van der Waals surface area contributed by atoms with Crippen LogP contribution in [0.2, 0.25) is 5.02 Å². The van der Waals surface area contributed by atoms with E-state index in [0.29, 0.717) is 18.1 Å². The maximum Gasteiger partial charge on any atom is 0.214 e. The minimum atomic E-state index is -3.12. The number of imidazole rings is 1. The van der Waals surface area contributed by atoms with Gasteiger partial charge >= 0.3 is 0 Å². The molecule has 0 radical (unpaired) electrons. The Morgan fingerprint density at radius 3 is 2.89 bits per heavy atom. The van der Waals surface area contributed by atoms with E-state index < -0.39 is 10.0 Å². The van der Waals surface area contributed by atoms with Gasteiger partial charge in [0.2, 0.25) is 10.0 Å². The molecule has 1 saturated heterocycles. The number of rotatable bonds is 2. The van der Waals surface area contributed by atoms with Crippen molar-refractivity contribution in [3.63, 3.8) is 0 Å². The zero-order chi connectivity index (χ0) is 13.6. The molecule has 1 unspecified atom stereocenters. The smallest absolute Gasteiger partial charge is 0.214 e. The van der Waals surface area contributed by atoms with Crippen LogP contribution in [-0.4, -0.2) is 34.4 Å². The SMILES string of the molecule is CC1CN(Cc2cn3cc(Cl)ccc3n2)S(=O)(=O)C1. The second kappa shape index (κ2) is 4.47. The summed E-state index contributed by atoms with van der Waals surface area (Å²) in [6.07, 6.45) is 3.58. The molecule has 1 aliphatic heterocycles. The summed E-state index contributed by atoms with van der Waals surface area (Å²) in [5.41, 5.74) is 1.50. The van der Waals surface area contributed by atoms with E-state index in [-0.39, 0.29) is 11.7 Å². The normalized spacial score (nSPS) is 23.2. The Kier molecular flexibility index (Phi) is 3.03. The highest BCUT2D eigenvalue weighted by Crippen LogP contribution is 2.21. The van der Waals surface area contributed by atoms with Gasteiger partial charge in [-0.3, -0.25) is 0 Å². The van der Waals surface area contributed by atoms with Crippen LogP contribution in [0.4, 0.5) is 0 Å². The fraction of sp³-hybridized carbons (Fsp3) is 0.417. The predicted molar refractivity (Wildman–Crippen MR) is 73.6 cm³/mol. The first-order chi connectivity index (χ1) is 8.94. The van der Waals surface area contributed by atoms with Gasteiger partial charge in [0.15, 0.2) is 0 Å². The third-order valence-corrected chi connectivity index (χ3v) is 5.49. The van der Waals surface area contributed by atoms with Crippen LogP contribution in [0.25, 0.3) is 5.65 Å². The molecule has 0 N–H and O–H groups in total. The van der Waals surface area contributed by atoms with Crippen molar-refractivity contribution in [1.29, 1.82) is 0 Å². The van der Waals surface area contributed by atoms with E-state index in [9.17, 15) is 8.42 Å². The van der Waals surface area contributed by atoms with Crippen LogP contribution in [-0.2, 0) is 16.6 Å². The predicted octanol–water partition coefficient (Wildman–Crippen LogP) is 1.77. The lowest BCUT2D eigenvalue weighted by atomic mass is 10.2. The Morgan fingerprint density at radius 2 is 2.21 bits per heavy atom. The maximum absolute atomic E-state index is 11.9. The minimum Gasteiger partial charge on any atom is -0.305 e. The molecule has 1 aliphatic rings. The molecule has 1 fully saturated rings. The number of hydrogen-bond acceptors (Lipinski definition) is 3. The molecule has 0 bridgehead atoms. The van der Waals surface area contributed by atoms with E-state index in [1.165, 1.54) is 4.31 Å². The molecular weight excluding hydrogens is 286 g/mol. The number of pyridine rings is 1. The van der Waals surface area contributed by atoms with Crippen LogP contribution in [0.1, 0.15) is 12.6 Å². The Hall–Kier alpha value is -1.11. The highest BCUT2D eigenvalue weighted by Gasteiger charge is 2.33. The van der Waals surface area contributed by atoms with Crippen LogP contribution in [0.15, 0.2) is 24.5 Å². The topological polar surface area (TPSA) is 54.7 Å². The monoisotopic (exact) mass is 299 g/mol.